The molecule has 0 radical (unpaired) electrons. The van der Waals surface area contributed by atoms with E-state index in [2.05, 4.69) is 15.9 Å². The molecule has 1 atom stereocenters. The molecule has 3 rings (SSSR count). The van der Waals surface area contributed by atoms with E-state index in [-0.39, 0.29) is 22.2 Å². The number of non-ortho nitro benzene ring substituents is 1. The first-order valence-corrected chi connectivity index (χ1v) is 8.24. The first kappa shape index (κ1) is 16.3. The van der Waals surface area contributed by atoms with Crippen molar-refractivity contribution in [3.8, 4) is 0 Å². The van der Waals surface area contributed by atoms with E-state index in [9.17, 15) is 19.7 Å². The van der Waals surface area contributed by atoms with E-state index in [1.54, 1.807) is 29.2 Å². The molecule has 0 aromatic heterocycles. The standard InChI is InChI=1S/C17H13BrN2O4/c18-14-9-10-19(15-4-2-1-3-13(15)16(14)21)17(22)11-5-7-12(8-6-11)20(23)24/h1-8,14H,9-10H2. The molecular formula is C17H13BrN2O4. The van der Waals surface area contributed by atoms with Gasteiger partial charge in [-0.3, -0.25) is 19.7 Å². The maximum atomic E-state index is 12.8. The maximum Gasteiger partial charge on any atom is 0.269 e. The topological polar surface area (TPSA) is 80.5 Å². The van der Waals surface area contributed by atoms with E-state index in [1.807, 2.05) is 0 Å². The van der Waals surface area contributed by atoms with Gasteiger partial charge in [0.25, 0.3) is 11.6 Å². The Labute approximate surface area is 146 Å². The molecule has 1 heterocycles. The Hall–Kier alpha value is -2.54. The summed E-state index contributed by atoms with van der Waals surface area (Å²) in [5.74, 6) is -0.337. The van der Waals surface area contributed by atoms with Gasteiger partial charge in [-0.25, -0.2) is 0 Å². The van der Waals surface area contributed by atoms with Crippen molar-refractivity contribution < 1.29 is 14.5 Å². The second-order valence-electron chi connectivity index (χ2n) is 5.40. The Morgan fingerprint density at radius 2 is 1.83 bits per heavy atom. The summed E-state index contributed by atoms with van der Waals surface area (Å²) in [6.07, 6.45) is 0.492. The normalized spacial score (nSPS) is 17.1. The number of anilines is 1. The predicted octanol–water partition coefficient (Wildman–Crippen LogP) is 3.59. The molecular weight excluding hydrogens is 376 g/mol. The van der Waals surface area contributed by atoms with Gasteiger partial charge >= 0.3 is 0 Å². The first-order chi connectivity index (χ1) is 11.5. The largest absolute Gasteiger partial charge is 0.308 e. The molecule has 1 aliphatic rings. The third-order valence-corrected chi connectivity index (χ3v) is 4.79. The number of benzene rings is 2. The van der Waals surface area contributed by atoms with Crippen molar-refractivity contribution in [2.45, 2.75) is 11.2 Å². The summed E-state index contributed by atoms with van der Waals surface area (Å²) in [4.78, 5) is 36.7. The Kier molecular flexibility index (Phi) is 4.44. The predicted molar refractivity (Wildman–Crippen MR) is 92.9 cm³/mol. The van der Waals surface area contributed by atoms with Gasteiger partial charge in [-0.05, 0) is 30.7 Å². The van der Waals surface area contributed by atoms with Crippen molar-refractivity contribution >= 4 is 39.0 Å². The Morgan fingerprint density at radius 1 is 1.17 bits per heavy atom. The van der Waals surface area contributed by atoms with E-state index in [0.717, 1.165) is 0 Å². The molecule has 0 aliphatic carbocycles. The van der Waals surface area contributed by atoms with Crippen molar-refractivity contribution in [2.75, 3.05) is 11.4 Å². The molecule has 1 amide bonds. The molecule has 1 unspecified atom stereocenters. The van der Waals surface area contributed by atoms with Crippen molar-refractivity contribution in [3.63, 3.8) is 0 Å². The van der Waals surface area contributed by atoms with Crippen molar-refractivity contribution in [1.82, 2.24) is 0 Å². The minimum absolute atomic E-state index is 0.0513. The third kappa shape index (κ3) is 2.94. The molecule has 24 heavy (non-hydrogen) atoms. The zero-order valence-electron chi connectivity index (χ0n) is 12.5. The average molecular weight is 389 g/mol. The molecule has 2 aromatic rings. The summed E-state index contributed by atoms with van der Waals surface area (Å²) in [7, 11) is 0. The van der Waals surface area contributed by atoms with Crippen LogP contribution in [0.3, 0.4) is 0 Å². The van der Waals surface area contributed by atoms with Crippen LogP contribution in [0.4, 0.5) is 11.4 Å². The zero-order chi connectivity index (χ0) is 17.3. The molecule has 2 aromatic carbocycles. The summed E-state index contributed by atoms with van der Waals surface area (Å²) in [6, 6.07) is 12.4. The summed E-state index contributed by atoms with van der Waals surface area (Å²) in [6.45, 7) is 0.383. The summed E-state index contributed by atoms with van der Waals surface area (Å²) in [5, 5.41) is 10.7. The van der Waals surface area contributed by atoms with E-state index in [0.29, 0.717) is 29.8 Å². The number of carbonyl (C=O) groups is 2. The SMILES string of the molecule is O=C1c2ccccc2N(C(=O)c2ccc([N+](=O)[O-])cc2)CCC1Br. The van der Waals surface area contributed by atoms with E-state index in [1.165, 1.54) is 24.3 Å². The number of alkyl halides is 1. The van der Waals surface area contributed by atoms with Gasteiger partial charge in [0, 0.05) is 29.8 Å². The quantitative estimate of drug-likeness (QED) is 0.447. The van der Waals surface area contributed by atoms with Crippen LogP contribution in [0.5, 0.6) is 0 Å². The second-order valence-corrected chi connectivity index (χ2v) is 6.50. The van der Waals surface area contributed by atoms with E-state index in [4.69, 9.17) is 0 Å². The summed E-state index contributed by atoms with van der Waals surface area (Å²) >= 11 is 3.37. The Bertz CT molecular complexity index is 820. The first-order valence-electron chi connectivity index (χ1n) is 7.32. The lowest BCUT2D eigenvalue weighted by molar-refractivity contribution is -0.384. The number of fused-ring (bicyclic) bond motifs is 1. The van der Waals surface area contributed by atoms with Crippen LogP contribution in [-0.4, -0.2) is 28.0 Å². The van der Waals surface area contributed by atoms with Crippen LogP contribution in [0, 0.1) is 10.1 Å². The molecule has 0 fully saturated rings. The highest BCUT2D eigenvalue weighted by Gasteiger charge is 2.30. The maximum absolute atomic E-state index is 12.8. The lowest BCUT2D eigenvalue weighted by Crippen LogP contribution is -2.32. The number of para-hydroxylation sites is 1. The van der Waals surface area contributed by atoms with Crippen LogP contribution in [0.1, 0.15) is 27.1 Å². The number of nitro benzene ring substituents is 1. The van der Waals surface area contributed by atoms with Gasteiger partial charge in [-0.2, -0.15) is 0 Å². The number of carbonyl (C=O) groups excluding carboxylic acids is 2. The molecule has 7 heteroatoms. The Morgan fingerprint density at radius 3 is 2.50 bits per heavy atom. The highest BCUT2D eigenvalue weighted by atomic mass is 79.9. The highest BCUT2D eigenvalue weighted by molar-refractivity contribution is 9.10. The van der Waals surface area contributed by atoms with Gasteiger partial charge in [-0.15, -0.1) is 0 Å². The monoisotopic (exact) mass is 388 g/mol. The van der Waals surface area contributed by atoms with Crippen LogP contribution in [0.2, 0.25) is 0 Å². The minimum atomic E-state index is -0.510. The third-order valence-electron chi connectivity index (χ3n) is 3.92. The van der Waals surface area contributed by atoms with Crippen LogP contribution in [-0.2, 0) is 0 Å². The lowest BCUT2D eigenvalue weighted by Gasteiger charge is -2.22. The average Bonchev–Trinajstić information content (AvgIpc) is 2.72. The van der Waals surface area contributed by atoms with Gasteiger partial charge < -0.3 is 4.90 Å². The zero-order valence-corrected chi connectivity index (χ0v) is 14.1. The number of nitro groups is 1. The molecule has 0 saturated carbocycles. The van der Waals surface area contributed by atoms with Crippen LogP contribution in [0.15, 0.2) is 48.5 Å². The van der Waals surface area contributed by atoms with Crippen molar-refractivity contribution in [1.29, 1.82) is 0 Å². The number of halogens is 1. The molecule has 0 bridgehead atoms. The van der Waals surface area contributed by atoms with Crippen molar-refractivity contribution in [2.24, 2.45) is 0 Å². The lowest BCUT2D eigenvalue weighted by atomic mass is 10.1. The summed E-state index contributed by atoms with van der Waals surface area (Å²) < 4.78 is 0. The minimum Gasteiger partial charge on any atom is -0.308 e. The fourth-order valence-electron chi connectivity index (χ4n) is 2.67. The highest BCUT2D eigenvalue weighted by Crippen LogP contribution is 2.30. The molecule has 0 spiro atoms. The van der Waals surface area contributed by atoms with Crippen LogP contribution >= 0.6 is 15.9 Å². The molecule has 122 valence electrons. The van der Waals surface area contributed by atoms with Crippen LogP contribution < -0.4 is 4.90 Å². The number of amides is 1. The molecule has 1 aliphatic heterocycles. The van der Waals surface area contributed by atoms with Gasteiger partial charge in [0.1, 0.15) is 0 Å². The molecule has 6 nitrogen and oxygen atoms in total. The van der Waals surface area contributed by atoms with Gasteiger partial charge in [0.2, 0.25) is 0 Å². The molecule has 0 saturated heterocycles. The van der Waals surface area contributed by atoms with Gasteiger partial charge in [0.15, 0.2) is 5.78 Å². The van der Waals surface area contributed by atoms with Gasteiger partial charge in [-0.1, -0.05) is 28.1 Å². The number of nitrogens with zero attached hydrogens (tertiary/aromatic N) is 2. The van der Waals surface area contributed by atoms with Crippen LogP contribution in [0.25, 0.3) is 0 Å². The van der Waals surface area contributed by atoms with E-state index >= 15 is 0 Å². The van der Waals surface area contributed by atoms with Gasteiger partial charge in [0.05, 0.1) is 15.4 Å². The Balaban J connectivity index is 1.99. The number of hydrogen-bond acceptors (Lipinski definition) is 4. The fraction of sp³-hybridized carbons (Fsp3) is 0.176. The number of ketones is 1. The van der Waals surface area contributed by atoms with E-state index < -0.39 is 4.92 Å². The van der Waals surface area contributed by atoms with Crippen molar-refractivity contribution in [3.05, 3.63) is 69.8 Å². The second kappa shape index (κ2) is 6.52. The fourth-order valence-corrected chi connectivity index (χ4v) is 3.12. The number of hydrogen-bond donors (Lipinski definition) is 0. The number of rotatable bonds is 2. The molecule has 0 N–H and O–H groups in total. The number of Topliss-reactive ketones (excluding diaryl/α,β-unsaturated/α-hetero) is 1. The summed E-state index contributed by atoms with van der Waals surface area (Å²) in [5.41, 5.74) is 1.33. The smallest absolute Gasteiger partial charge is 0.269 e.